The van der Waals surface area contributed by atoms with Crippen molar-refractivity contribution in [3.8, 4) is 5.75 Å². The van der Waals surface area contributed by atoms with Gasteiger partial charge in [-0.15, -0.1) is 0 Å². The number of nitrogens with zero attached hydrogens (tertiary/aromatic N) is 2. The minimum absolute atomic E-state index is 0.0761. The van der Waals surface area contributed by atoms with Crippen LogP contribution in [0, 0.1) is 0 Å². The fraction of sp³-hybridized carbons (Fsp3) is 0.316. The molecular formula is C19H23N3O4S. The molecule has 2 aromatic carbocycles. The van der Waals surface area contributed by atoms with Gasteiger partial charge in [0.05, 0.1) is 17.7 Å². The highest BCUT2D eigenvalue weighted by molar-refractivity contribution is 7.92. The van der Waals surface area contributed by atoms with Crippen LogP contribution in [-0.2, 0) is 10.0 Å². The average molecular weight is 389 g/mol. The summed E-state index contributed by atoms with van der Waals surface area (Å²) < 4.78 is 32.8. The van der Waals surface area contributed by atoms with Crippen LogP contribution in [0.25, 0.3) is 0 Å². The third kappa shape index (κ3) is 4.58. The van der Waals surface area contributed by atoms with Crippen molar-refractivity contribution in [1.82, 2.24) is 9.80 Å². The van der Waals surface area contributed by atoms with Crippen LogP contribution in [0.15, 0.2) is 53.4 Å². The maximum atomic E-state index is 12.6. The summed E-state index contributed by atoms with van der Waals surface area (Å²) >= 11 is 0. The number of hydrogen-bond donors (Lipinski definition) is 1. The third-order valence-electron chi connectivity index (χ3n) is 4.52. The Morgan fingerprint density at radius 2 is 1.70 bits per heavy atom. The quantitative estimate of drug-likeness (QED) is 0.845. The monoisotopic (exact) mass is 389 g/mol. The van der Waals surface area contributed by atoms with Crippen molar-refractivity contribution < 1.29 is 17.9 Å². The summed E-state index contributed by atoms with van der Waals surface area (Å²) in [5.41, 5.74) is 0.895. The first-order valence-electron chi connectivity index (χ1n) is 8.64. The molecule has 1 aliphatic rings. The maximum Gasteiger partial charge on any atom is 0.261 e. The predicted molar refractivity (Wildman–Crippen MR) is 104 cm³/mol. The van der Waals surface area contributed by atoms with Gasteiger partial charge in [-0.3, -0.25) is 9.52 Å². The van der Waals surface area contributed by atoms with E-state index in [1.54, 1.807) is 41.3 Å². The zero-order valence-electron chi connectivity index (χ0n) is 15.4. The highest BCUT2D eigenvalue weighted by Gasteiger charge is 2.21. The van der Waals surface area contributed by atoms with Crippen molar-refractivity contribution >= 4 is 21.6 Å². The van der Waals surface area contributed by atoms with Gasteiger partial charge in [0.2, 0.25) is 0 Å². The van der Waals surface area contributed by atoms with Gasteiger partial charge in [-0.05, 0) is 43.4 Å². The highest BCUT2D eigenvalue weighted by atomic mass is 32.2. The van der Waals surface area contributed by atoms with E-state index in [9.17, 15) is 13.2 Å². The van der Waals surface area contributed by atoms with Crippen molar-refractivity contribution in [2.45, 2.75) is 4.90 Å². The number of benzene rings is 2. The minimum atomic E-state index is -3.75. The largest absolute Gasteiger partial charge is 0.497 e. The van der Waals surface area contributed by atoms with Gasteiger partial charge in [0.25, 0.3) is 15.9 Å². The smallest absolute Gasteiger partial charge is 0.261 e. The number of ether oxygens (including phenoxy) is 1. The van der Waals surface area contributed by atoms with Crippen molar-refractivity contribution in [2.24, 2.45) is 0 Å². The molecule has 0 unspecified atom stereocenters. The molecule has 0 bridgehead atoms. The van der Waals surface area contributed by atoms with E-state index in [1.165, 1.54) is 19.2 Å². The lowest BCUT2D eigenvalue weighted by Crippen LogP contribution is -2.47. The van der Waals surface area contributed by atoms with Crippen molar-refractivity contribution in [3.05, 3.63) is 54.1 Å². The van der Waals surface area contributed by atoms with Crippen LogP contribution in [0.2, 0.25) is 0 Å². The lowest BCUT2D eigenvalue weighted by Gasteiger charge is -2.32. The number of methoxy groups -OCH3 is 1. The standard InChI is InChI=1S/C19H23N3O4S/c1-21-10-12-22(13-11-21)19(23)15-6-8-18(9-7-15)27(24,25)20-16-4-3-5-17(14-16)26-2/h3-9,14,20H,10-13H2,1-2H3. The van der Waals surface area contributed by atoms with Gasteiger partial charge in [0, 0.05) is 37.8 Å². The molecule has 1 heterocycles. The Bertz CT molecular complexity index is 905. The van der Waals surface area contributed by atoms with Crippen molar-refractivity contribution in [1.29, 1.82) is 0 Å². The molecular weight excluding hydrogens is 366 g/mol. The van der Waals surface area contributed by atoms with Crippen molar-refractivity contribution in [2.75, 3.05) is 45.1 Å². The molecule has 7 nitrogen and oxygen atoms in total. The number of carbonyl (C=O) groups is 1. The molecule has 27 heavy (non-hydrogen) atoms. The van der Waals surface area contributed by atoms with Gasteiger partial charge in [-0.2, -0.15) is 0 Å². The Labute approximate surface area is 159 Å². The summed E-state index contributed by atoms with van der Waals surface area (Å²) in [6.45, 7) is 3.02. The zero-order chi connectivity index (χ0) is 19.4. The molecule has 8 heteroatoms. The summed E-state index contributed by atoms with van der Waals surface area (Å²) in [5.74, 6) is 0.483. The molecule has 0 saturated carbocycles. The number of sulfonamides is 1. The average Bonchev–Trinajstić information content (AvgIpc) is 2.68. The second-order valence-corrected chi connectivity index (χ2v) is 8.14. The molecule has 0 radical (unpaired) electrons. The minimum Gasteiger partial charge on any atom is -0.497 e. The first-order valence-corrected chi connectivity index (χ1v) is 10.1. The second-order valence-electron chi connectivity index (χ2n) is 6.46. The van der Waals surface area contributed by atoms with Crippen LogP contribution >= 0.6 is 0 Å². The molecule has 2 aromatic rings. The number of amides is 1. The molecule has 3 rings (SSSR count). The fourth-order valence-electron chi connectivity index (χ4n) is 2.87. The van der Waals surface area contributed by atoms with Gasteiger partial charge in [-0.25, -0.2) is 8.42 Å². The lowest BCUT2D eigenvalue weighted by molar-refractivity contribution is 0.0664. The molecule has 1 aliphatic heterocycles. The summed E-state index contributed by atoms with van der Waals surface area (Å²) in [4.78, 5) is 16.6. The molecule has 0 atom stereocenters. The Morgan fingerprint density at radius 3 is 2.33 bits per heavy atom. The Hall–Kier alpha value is -2.58. The number of likely N-dealkylation sites (N-methyl/N-ethyl adjacent to an activating group) is 1. The summed E-state index contributed by atoms with van der Waals surface area (Å²) in [6.07, 6.45) is 0. The normalized spacial score (nSPS) is 15.4. The van der Waals surface area contributed by atoms with Gasteiger partial charge < -0.3 is 14.5 Å². The molecule has 0 aliphatic carbocycles. The van der Waals surface area contributed by atoms with E-state index < -0.39 is 10.0 Å². The number of piperazine rings is 1. The molecule has 1 fully saturated rings. The summed E-state index contributed by atoms with van der Waals surface area (Å²) in [6, 6.07) is 12.7. The van der Waals surface area contributed by atoms with Crippen LogP contribution in [0.4, 0.5) is 5.69 Å². The number of anilines is 1. The van der Waals surface area contributed by atoms with E-state index in [4.69, 9.17) is 4.74 Å². The second kappa shape index (κ2) is 7.98. The topological polar surface area (TPSA) is 78.9 Å². The zero-order valence-corrected chi connectivity index (χ0v) is 16.2. The molecule has 1 amide bonds. The van der Waals surface area contributed by atoms with E-state index in [0.717, 1.165) is 13.1 Å². The van der Waals surface area contributed by atoms with Crippen LogP contribution in [0.5, 0.6) is 5.75 Å². The van der Waals surface area contributed by atoms with Gasteiger partial charge in [0.15, 0.2) is 0 Å². The first-order chi connectivity index (χ1) is 12.9. The van der Waals surface area contributed by atoms with Crippen LogP contribution in [0.3, 0.4) is 0 Å². The maximum absolute atomic E-state index is 12.6. The van der Waals surface area contributed by atoms with E-state index in [0.29, 0.717) is 30.1 Å². The predicted octanol–water partition coefficient (Wildman–Crippen LogP) is 1.88. The third-order valence-corrected chi connectivity index (χ3v) is 5.92. The van der Waals surface area contributed by atoms with Gasteiger partial charge in [0.1, 0.15) is 5.75 Å². The number of nitrogens with one attached hydrogen (secondary N) is 1. The SMILES string of the molecule is COc1cccc(NS(=O)(=O)c2ccc(C(=O)N3CCN(C)CC3)cc2)c1. The van der Waals surface area contributed by atoms with Gasteiger partial charge in [-0.1, -0.05) is 6.07 Å². The molecule has 0 aromatic heterocycles. The molecule has 144 valence electrons. The number of rotatable bonds is 5. The van der Waals surface area contributed by atoms with Crippen LogP contribution in [-0.4, -0.2) is 64.5 Å². The first kappa shape index (κ1) is 19.2. The Balaban J connectivity index is 1.72. The van der Waals surface area contributed by atoms with E-state index in [2.05, 4.69) is 9.62 Å². The Kier molecular flexibility index (Phi) is 5.67. The van der Waals surface area contributed by atoms with E-state index in [-0.39, 0.29) is 10.8 Å². The number of carbonyl (C=O) groups excluding carboxylic acids is 1. The van der Waals surface area contributed by atoms with Crippen LogP contribution < -0.4 is 9.46 Å². The number of hydrogen-bond acceptors (Lipinski definition) is 5. The van der Waals surface area contributed by atoms with Crippen LogP contribution in [0.1, 0.15) is 10.4 Å². The molecule has 1 saturated heterocycles. The lowest BCUT2D eigenvalue weighted by atomic mass is 10.2. The van der Waals surface area contributed by atoms with E-state index in [1.807, 2.05) is 7.05 Å². The fourth-order valence-corrected chi connectivity index (χ4v) is 3.92. The molecule has 0 spiro atoms. The summed E-state index contributed by atoms with van der Waals surface area (Å²) in [7, 11) is -0.208. The molecule has 1 N–H and O–H groups in total. The van der Waals surface area contributed by atoms with E-state index >= 15 is 0 Å². The van der Waals surface area contributed by atoms with Gasteiger partial charge >= 0.3 is 0 Å². The summed E-state index contributed by atoms with van der Waals surface area (Å²) in [5, 5.41) is 0. The highest BCUT2D eigenvalue weighted by Crippen LogP contribution is 2.21. The van der Waals surface area contributed by atoms with Crippen molar-refractivity contribution in [3.63, 3.8) is 0 Å². The Morgan fingerprint density at radius 1 is 1.04 bits per heavy atom.